The molecule has 6 nitrogen and oxygen atoms in total. The zero-order valence-corrected chi connectivity index (χ0v) is 14.9. The van der Waals surface area contributed by atoms with Gasteiger partial charge in [-0.1, -0.05) is 30.3 Å². The van der Waals surface area contributed by atoms with Gasteiger partial charge < -0.3 is 10.6 Å². The van der Waals surface area contributed by atoms with Crippen molar-refractivity contribution in [1.29, 1.82) is 0 Å². The van der Waals surface area contributed by atoms with E-state index in [0.717, 1.165) is 28.2 Å². The van der Waals surface area contributed by atoms with Gasteiger partial charge in [0.05, 0.1) is 16.9 Å². The maximum Gasteiger partial charge on any atom is 0.255 e. The number of hydrogen-bond donors (Lipinski definition) is 2. The van der Waals surface area contributed by atoms with Crippen molar-refractivity contribution in [2.45, 2.75) is 6.17 Å². The van der Waals surface area contributed by atoms with Crippen LogP contribution in [-0.2, 0) is 0 Å². The third kappa shape index (κ3) is 2.81. The van der Waals surface area contributed by atoms with Crippen LogP contribution in [0.3, 0.4) is 0 Å². The second kappa shape index (κ2) is 6.66. The molecule has 5 rings (SSSR count). The molecule has 6 heteroatoms. The van der Waals surface area contributed by atoms with Gasteiger partial charge in [0.2, 0.25) is 0 Å². The highest BCUT2D eigenvalue weighted by Gasteiger charge is 2.28. The average molecular weight is 367 g/mol. The van der Waals surface area contributed by atoms with E-state index in [0.29, 0.717) is 5.56 Å². The van der Waals surface area contributed by atoms with Crippen molar-refractivity contribution in [3.8, 4) is 16.9 Å². The molecule has 3 heterocycles. The molecule has 2 aromatic carbocycles. The molecule has 1 aliphatic rings. The van der Waals surface area contributed by atoms with Crippen LogP contribution in [0.25, 0.3) is 16.9 Å². The Bertz CT molecular complexity index is 1140. The van der Waals surface area contributed by atoms with Crippen LogP contribution in [0.15, 0.2) is 85.3 Å². The predicted octanol–water partition coefficient (Wildman–Crippen LogP) is 3.79. The van der Waals surface area contributed by atoms with Gasteiger partial charge in [-0.2, -0.15) is 5.10 Å². The summed E-state index contributed by atoms with van der Waals surface area (Å²) in [6.45, 7) is 0. The lowest BCUT2D eigenvalue weighted by atomic mass is 10.0. The molecule has 2 N–H and O–H groups in total. The minimum Gasteiger partial charge on any atom is -0.361 e. The molecule has 4 aromatic rings. The van der Waals surface area contributed by atoms with Crippen molar-refractivity contribution in [1.82, 2.24) is 20.1 Å². The molecule has 0 saturated carbocycles. The summed E-state index contributed by atoms with van der Waals surface area (Å²) < 4.78 is 1.83. The molecule has 28 heavy (non-hydrogen) atoms. The lowest BCUT2D eigenvalue weighted by Crippen LogP contribution is -2.38. The monoisotopic (exact) mass is 367 g/mol. The summed E-state index contributed by atoms with van der Waals surface area (Å²) >= 11 is 0. The number of nitrogens with zero attached hydrogens (tertiary/aromatic N) is 3. The Balaban J connectivity index is 1.62. The largest absolute Gasteiger partial charge is 0.361 e. The Hall–Kier alpha value is -3.93. The molecule has 0 aliphatic carbocycles. The van der Waals surface area contributed by atoms with Gasteiger partial charge >= 0.3 is 0 Å². The van der Waals surface area contributed by atoms with Crippen LogP contribution in [-0.4, -0.2) is 20.7 Å². The van der Waals surface area contributed by atoms with Crippen LogP contribution in [0.4, 0.5) is 5.69 Å². The second-order valence-electron chi connectivity index (χ2n) is 6.55. The van der Waals surface area contributed by atoms with Crippen LogP contribution in [0.1, 0.15) is 22.1 Å². The topological polar surface area (TPSA) is 71.8 Å². The zero-order chi connectivity index (χ0) is 18.9. The van der Waals surface area contributed by atoms with Crippen LogP contribution >= 0.6 is 0 Å². The highest BCUT2D eigenvalue weighted by atomic mass is 16.2. The Morgan fingerprint density at radius 1 is 0.857 bits per heavy atom. The zero-order valence-electron chi connectivity index (χ0n) is 14.9. The minimum atomic E-state index is -0.386. The van der Waals surface area contributed by atoms with E-state index in [1.54, 1.807) is 12.4 Å². The third-order valence-electron chi connectivity index (χ3n) is 4.78. The van der Waals surface area contributed by atoms with Gasteiger partial charge in [-0.25, -0.2) is 4.68 Å². The number of carbonyl (C=O) groups is 1. The number of pyridine rings is 1. The molecular formula is C22H17N5O. The number of nitrogens with one attached hydrogen (secondary N) is 2. The van der Waals surface area contributed by atoms with E-state index < -0.39 is 0 Å². The molecule has 0 fully saturated rings. The second-order valence-corrected chi connectivity index (χ2v) is 6.55. The van der Waals surface area contributed by atoms with Crippen molar-refractivity contribution in [2.75, 3.05) is 5.32 Å². The first-order valence-corrected chi connectivity index (χ1v) is 9.01. The van der Waals surface area contributed by atoms with Crippen molar-refractivity contribution in [3.63, 3.8) is 0 Å². The number of aromatic nitrogens is 3. The Morgan fingerprint density at radius 2 is 1.61 bits per heavy atom. The lowest BCUT2D eigenvalue weighted by molar-refractivity contribution is 0.0936. The van der Waals surface area contributed by atoms with Crippen molar-refractivity contribution >= 4 is 11.6 Å². The van der Waals surface area contributed by atoms with Crippen molar-refractivity contribution in [3.05, 3.63) is 96.4 Å². The summed E-state index contributed by atoms with van der Waals surface area (Å²) in [5.41, 5.74) is 5.02. The maximum atomic E-state index is 12.6. The number of fused-ring (bicyclic) bond motifs is 1. The molecule has 0 spiro atoms. The highest BCUT2D eigenvalue weighted by molar-refractivity contribution is 6.01. The summed E-state index contributed by atoms with van der Waals surface area (Å²) in [5.74, 6) is -0.104. The highest BCUT2D eigenvalue weighted by Crippen LogP contribution is 2.32. The first kappa shape index (κ1) is 16.3. The standard InChI is InChI=1S/C22H17N5O/c28-22-17-8-4-5-9-19(17)24-21(25-22)18-14-27(16-6-2-1-3-7-16)26-20(18)15-10-12-23-13-11-15/h1-14,21,24H,(H,25,28)/t21-/m1/s1. The summed E-state index contributed by atoms with van der Waals surface area (Å²) in [5, 5.41) is 11.3. The number of rotatable bonds is 3. The maximum absolute atomic E-state index is 12.6. The Labute approximate surface area is 161 Å². The normalized spacial score (nSPS) is 15.4. The van der Waals surface area contributed by atoms with E-state index in [1.807, 2.05) is 77.6 Å². The van der Waals surface area contributed by atoms with Gasteiger partial charge in [-0.05, 0) is 36.4 Å². The van der Waals surface area contributed by atoms with Gasteiger partial charge in [0.25, 0.3) is 5.91 Å². The quantitative estimate of drug-likeness (QED) is 0.578. The first-order valence-electron chi connectivity index (χ1n) is 9.01. The van der Waals surface area contributed by atoms with E-state index in [-0.39, 0.29) is 12.1 Å². The number of para-hydroxylation sites is 2. The minimum absolute atomic E-state index is 0.104. The first-order chi connectivity index (χ1) is 13.8. The summed E-state index contributed by atoms with van der Waals surface area (Å²) in [6.07, 6.45) is 5.05. The third-order valence-corrected chi connectivity index (χ3v) is 4.78. The summed E-state index contributed by atoms with van der Waals surface area (Å²) in [7, 11) is 0. The van der Waals surface area contributed by atoms with Gasteiger partial charge in [0.1, 0.15) is 6.17 Å². The smallest absolute Gasteiger partial charge is 0.255 e. The van der Waals surface area contributed by atoms with E-state index in [1.165, 1.54) is 0 Å². The predicted molar refractivity (Wildman–Crippen MR) is 107 cm³/mol. The van der Waals surface area contributed by atoms with E-state index in [9.17, 15) is 4.79 Å². The Kier molecular flexibility index (Phi) is 3.87. The number of benzene rings is 2. The molecule has 136 valence electrons. The van der Waals surface area contributed by atoms with Crippen molar-refractivity contribution in [2.24, 2.45) is 0 Å². The van der Waals surface area contributed by atoms with E-state index >= 15 is 0 Å². The molecule has 2 aromatic heterocycles. The van der Waals surface area contributed by atoms with Crippen LogP contribution in [0, 0.1) is 0 Å². The molecule has 0 saturated heterocycles. The number of amides is 1. The van der Waals surface area contributed by atoms with Crippen LogP contribution in [0.2, 0.25) is 0 Å². The van der Waals surface area contributed by atoms with Crippen molar-refractivity contribution < 1.29 is 4.79 Å². The van der Waals surface area contributed by atoms with Gasteiger partial charge in [-0.15, -0.1) is 0 Å². The van der Waals surface area contributed by atoms with E-state index in [4.69, 9.17) is 5.10 Å². The summed E-state index contributed by atoms with van der Waals surface area (Å²) in [6, 6.07) is 21.2. The molecule has 0 radical (unpaired) electrons. The molecule has 0 unspecified atom stereocenters. The average Bonchev–Trinajstić information content (AvgIpc) is 3.21. The number of hydrogen-bond acceptors (Lipinski definition) is 4. The van der Waals surface area contributed by atoms with Gasteiger partial charge in [0.15, 0.2) is 0 Å². The number of anilines is 1. The molecule has 0 bridgehead atoms. The van der Waals surface area contributed by atoms with Gasteiger partial charge in [-0.3, -0.25) is 9.78 Å². The van der Waals surface area contributed by atoms with Crippen LogP contribution < -0.4 is 10.6 Å². The Morgan fingerprint density at radius 3 is 2.43 bits per heavy atom. The van der Waals surface area contributed by atoms with E-state index in [2.05, 4.69) is 15.6 Å². The fourth-order valence-electron chi connectivity index (χ4n) is 3.41. The molecule has 1 amide bonds. The summed E-state index contributed by atoms with van der Waals surface area (Å²) in [4.78, 5) is 16.7. The molecule has 1 aliphatic heterocycles. The number of carbonyl (C=O) groups excluding carboxylic acids is 1. The molecule has 1 atom stereocenters. The van der Waals surface area contributed by atoms with Crippen LogP contribution in [0.5, 0.6) is 0 Å². The fourth-order valence-corrected chi connectivity index (χ4v) is 3.41. The fraction of sp³-hybridized carbons (Fsp3) is 0.0455. The lowest BCUT2D eigenvalue weighted by Gasteiger charge is -2.27. The SMILES string of the molecule is O=C1N[C@H](c2cn(-c3ccccc3)nc2-c2ccncc2)Nc2ccccc21. The molecular weight excluding hydrogens is 350 g/mol. The van der Waals surface area contributed by atoms with Gasteiger partial charge in [0, 0.05) is 35.4 Å².